The molecule has 0 saturated heterocycles. The SMILES string of the molecule is FC=CC(F)C(F)(F)C(F)(F)C(F)(F)C(F)(C(F)(F)F)C(F)(F)F. The van der Waals surface area contributed by atoms with Crippen LogP contribution >= 0.6 is 0 Å². The lowest BCUT2D eigenvalue weighted by molar-refractivity contribution is -0.446. The van der Waals surface area contributed by atoms with Crippen molar-refractivity contribution in [3.8, 4) is 0 Å². The molecule has 0 amide bonds. The molecule has 0 bridgehead atoms. The van der Waals surface area contributed by atoms with Gasteiger partial charge in [-0.25, -0.2) is 13.2 Å². The minimum atomic E-state index is -8.21. The Kier molecular flexibility index (Phi) is 5.57. The van der Waals surface area contributed by atoms with E-state index in [2.05, 4.69) is 0 Å². The first-order chi connectivity index (χ1) is 10.2. The number of rotatable bonds is 5. The molecule has 15 heteroatoms. The van der Waals surface area contributed by atoms with Crippen molar-refractivity contribution in [3.63, 3.8) is 0 Å². The van der Waals surface area contributed by atoms with E-state index < -0.39 is 54.4 Å². The first kappa shape index (κ1) is 22.7. The van der Waals surface area contributed by atoms with Crippen LogP contribution in [-0.2, 0) is 0 Å². The molecule has 0 radical (unpaired) electrons. The molecule has 1 unspecified atom stereocenters. The average Bonchev–Trinajstić information content (AvgIpc) is 2.34. The summed E-state index contributed by atoms with van der Waals surface area (Å²) in [5, 5.41) is 0. The molecule has 0 N–H and O–H groups in total. The Morgan fingerprint density at radius 1 is 0.583 bits per heavy atom. The molecule has 0 aliphatic rings. The molecule has 0 aromatic heterocycles. The van der Waals surface area contributed by atoms with E-state index >= 15 is 0 Å². The molecule has 1 atom stereocenters. The van der Waals surface area contributed by atoms with Crippen molar-refractivity contribution in [1.82, 2.24) is 0 Å². The number of halogens is 15. The molecule has 0 saturated carbocycles. The Morgan fingerprint density at radius 2 is 0.917 bits per heavy atom. The largest absolute Gasteiger partial charge is 0.438 e. The predicted molar refractivity (Wildman–Crippen MR) is 45.9 cm³/mol. The third-order valence-corrected chi connectivity index (χ3v) is 2.61. The van der Waals surface area contributed by atoms with Gasteiger partial charge in [-0.3, -0.25) is 0 Å². The molecule has 24 heavy (non-hydrogen) atoms. The zero-order valence-electron chi connectivity index (χ0n) is 10.4. The monoisotopic (exact) mass is 396 g/mol. The maximum atomic E-state index is 13.0. The number of hydrogen-bond acceptors (Lipinski definition) is 0. The molecular formula is C9H3F15. The summed E-state index contributed by atoms with van der Waals surface area (Å²) in [6.45, 7) is 0. The highest BCUT2D eigenvalue weighted by Gasteiger charge is 2.93. The molecule has 0 aromatic carbocycles. The van der Waals surface area contributed by atoms with Crippen LogP contribution in [0.15, 0.2) is 12.4 Å². The van der Waals surface area contributed by atoms with E-state index in [1.54, 1.807) is 0 Å². The highest BCUT2D eigenvalue weighted by Crippen LogP contribution is 2.62. The fourth-order valence-electron chi connectivity index (χ4n) is 1.30. The summed E-state index contributed by atoms with van der Waals surface area (Å²) in [6.07, 6.45) is -22.9. The van der Waals surface area contributed by atoms with Gasteiger partial charge >= 0.3 is 35.8 Å². The molecular weight excluding hydrogens is 393 g/mol. The highest BCUT2D eigenvalue weighted by atomic mass is 19.4. The van der Waals surface area contributed by atoms with Gasteiger partial charge in [0.25, 0.3) is 0 Å². The van der Waals surface area contributed by atoms with E-state index in [4.69, 9.17) is 0 Å². The van der Waals surface area contributed by atoms with Crippen LogP contribution in [0.5, 0.6) is 0 Å². The average molecular weight is 396 g/mol. The minimum absolute atomic E-state index is 1.20. The molecule has 0 nitrogen and oxygen atoms in total. The summed E-state index contributed by atoms with van der Waals surface area (Å²) in [5.41, 5.74) is -8.15. The smallest absolute Gasteiger partial charge is 0.236 e. The maximum Gasteiger partial charge on any atom is 0.438 e. The van der Waals surface area contributed by atoms with Crippen molar-refractivity contribution >= 4 is 0 Å². The van der Waals surface area contributed by atoms with Crippen LogP contribution < -0.4 is 0 Å². The van der Waals surface area contributed by atoms with Crippen LogP contribution in [0.4, 0.5) is 65.9 Å². The van der Waals surface area contributed by atoms with Crippen LogP contribution in [0.1, 0.15) is 0 Å². The van der Waals surface area contributed by atoms with Crippen molar-refractivity contribution in [3.05, 3.63) is 12.4 Å². The summed E-state index contributed by atoms with van der Waals surface area (Å²) < 4.78 is 187. The normalized spacial score (nSPS) is 17.5. The standard InChI is InChI=1S/C9H3F15/c10-2-1-3(11)4(12,13)6(15,16)7(17,18)5(14,8(19,20)21)9(22,23)24/h1-3H. The molecule has 0 aromatic rings. The van der Waals surface area contributed by atoms with Crippen LogP contribution in [0, 0.1) is 0 Å². The first-order valence-corrected chi connectivity index (χ1v) is 5.10. The number of hydrogen-bond donors (Lipinski definition) is 0. The van der Waals surface area contributed by atoms with E-state index in [-0.39, 0.29) is 0 Å². The van der Waals surface area contributed by atoms with Gasteiger partial charge in [-0.1, -0.05) is 0 Å². The fourth-order valence-corrected chi connectivity index (χ4v) is 1.30. The lowest BCUT2D eigenvalue weighted by Crippen LogP contribution is -2.74. The predicted octanol–water partition coefficient (Wildman–Crippen LogP) is 5.55. The topological polar surface area (TPSA) is 0 Å². The van der Waals surface area contributed by atoms with Crippen molar-refractivity contribution in [1.29, 1.82) is 0 Å². The van der Waals surface area contributed by atoms with Gasteiger partial charge in [-0.15, -0.1) is 0 Å². The minimum Gasteiger partial charge on any atom is -0.236 e. The van der Waals surface area contributed by atoms with Gasteiger partial charge in [-0.05, 0) is 6.08 Å². The summed E-state index contributed by atoms with van der Waals surface area (Å²) >= 11 is 0. The van der Waals surface area contributed by atoms with Crippen molar-refractivity contribution < 1.29 is 65.9 Å². The summed E-state index contributed by atoms with van der Waals surface area (Å²) in [7, 11) is 0. The molecule has 0 heterocycles. The molecule has 0 aliphatic carbocycles. The molecule has 0 rings (SSSR count). The van der Waals surface area contributed by atoms with E-state index in [9.17, 15) is 65.9 Å². The van der Waals surface area contributed by atoms with Gasteiger partial charge in [-0.2, -0.15) is 52.7 Å². The Labute approximate surface area is 121 Å². The fraction of sp³-hybridized carbons (Fsp3) is 0.778. The summed E-state index contributed by atoms with van der Waals surface area (Å²) in [4.78, 5) is 0. The first-order valence-electron chi connectivity index (χ1n) is 5.10. The van der Waals surface area contributed by atoms with Crippen LogP contribution in [0.3, 0.4) is 0 Å². The van der Waals surface area contributed by atoms with E-state index in [0.717, 1.165) is 0 Å². The molecule has 0 spiro atoms. The summed E-state index contributed by atoms with van der Waals surface area (Å²) in [6, 6.07) is 0. The third kappa shape index (κ3) is 2.89. The molecule has 0 aliphatic heterocycles. The van der Waals surface area contributed by atoms with Crippen molar-refractivity contribution in [2.45, 2.75) is 42.0 Å². The van der Waals surface area contributed by atoms with Crippen LogP contribution in [0.25, 0.3) is 0 Å². The lowest BCUT2D eigenvalue weighted by atomic mass is 9.86. The second-order valence-electron chi connectivity index (χ2n) is 4.15. The van der Waals surface area contributed by atoms with Gasteiger partial charge in [0.15, 0.2) is 6.17 Å². The number of allylic oxidation sites excluding steroid dienone is 1. The quantitative estimate of drug-likeness (QED) is 0.535. The van der Waals surface area contributed by atoms with E-state index in [1.807, 2.05) is 0 Å². The number of alkyl halides is 14. The summed E-state index contributed by atoms with van der Waals surface area (Å²) in [5.74, 6) is -23.1. The third-order valence-electron chi connectivity index (χ3n) is 2.61. The molecule has 0 fully saturated rings. The lowest BCUT2D eigenvalue weighted by Gasteiger charge is -2.42. The van der Waals surface area contributed by atoms with Crippen LogP contribution in [0.2, 0.25) is 0 Å². The zero-order chi connectivity index (χ0) is 20.0. The van der Waals surface area contributed by atoms with Gasteiger partial charge in [0, 0.05) is 0 Å². The highest BCUT2D eigenvalue weighted by molar-refractivity contribution is 5.16. The van der Waals surface area contributed by atoms with Gasteiger partial charge in [0.05, 0.1) is 6.33 Å². The van der Waals surface area contributed by atoms with Gasteiger partial charge < -0.3 is 0 Å². The van der Waals surface area contributed by atoms with Crippen LogP contribution in [-0.4, -0.2) is 42.0 Å². The Morgan fingerprint density at radius 3 is 1.17 bits per heavy atom. The second kappa shape index (κ2) is 5.89. The Balaban J connectivity index is 6.55. The second-order valence-corrected chi connectivity index (χ2v) is 4.15. The maximum absolute atomic E-state index is 13.0. The van der Waals surface area contributed by atoms with Gasteiger partial charge in [0.2, 0.25) is 0 Å². The van der Waals surface area contributed by atoms with E-state index in [1.165, 1.54) is 0 Å². The Bertz CT molecular complexity index is 452. The molecule has 144 valence electrons. The van der Waals surface area contributed by atoms with Gasteiger partial charge in [0.1, 0.15) is 0 Å². The van der Waals surface area contributed by atoms with Crippen molar-refractivity contribution in [2.24, 2.45) is 0 Å². The zero-order valence-corrected chi connectivity index (χ0v) is 10.4. The van der Waals surface area contributed by atoms with E-state index in [0.29, 0.717) is 0 Å². The van der Waals surface area contributed by atoms with Crippen molar-refractivity contribution in [2.75, 3.05) is 0 Å². The Hall–Kier alpha value is -1.31.